The molecule has 3 nitrogen and oxygen atoms in total. The van der Waals surface area contributed by atoms with Gasteiger partial charge in [0.1, 0.15) is 12.4 Å². The van der Waals surface area contributed by atoms with Crippen LogP contribution in [0.1, 0.15) is 5.56 Å². The maximum Gasteiger partial charge on any atom is 0.119 e. The van der Waals surface area contributed by atoms with Crippen LogP contribution in [0.25, 0.3) is 0 Å². The van der Waals surface area contributed by atoms with Crippen LogP contribution in [0.15, 0.2) is 48.5 Å². The molecule has 0 atom stereocenters. The lowest BCUT2D eigenvalue weighted by Gasteiger charge is -2.09. The largest absolute Gasteiger partial charge is 0.492 e. The number of nitrogen functional groups attached to an aromatic ring is 1. The number of nitrogens with two attached hydrogens (primary N) is 1. The molecule has 0 unspecified atom stereocenters. The van der Waals surface area contributed by atoms with Crippen LogP contribution < -0.4 is 15.8 Å². The molecule has 0 aromatic heterocycles. The van der Waals surface area contributed by atoms with Gasteiger partial charge in [0.05, 0.1) is 0 Å². The molecular weight excluding hydrogens is 224 g/mol. The number of hydrogen-bond acceptors (Lipinski definition) is 3. The molecule has 0 aliphatic rings. The highest BCUT2D eigenvalue weighted by molar-refractivity contribution is 5.58. The smallest absolute Gasteiger partial charge is 0.119 e. The molecule has 0 radical (unpaired) electrons. The number of aryl methyl sites for hydroxylation is 1. The molecule has 0 bridgehead atoms. The van der Waals surface area contributed by atoms with E-state index in [0.717, 1.165) is 29.2 Å². The normalized spacial score (nSPS) is 10.1. The zero-order valence-corrected chi connectivity index (χ0v) is 10.5. The minimum absolute atomic E-state index is 0.623. The Kier molecular flexibility index (Phi) is 4.07. The fraction of sp³-hybridized carbons (Fsp3) is 0.200. The van der Waals surface area contributed by atoms with Gasteiger partial charge in [0, 0.05) is 17.9 Å². The maximum absolute atomic E-state index is 5.84. The van der Waals surface area contributed by atoms with Crippen LogP contribution in [-0.2, 0) is 0 Å². The van der Waals surface area contributed by atoms with Gasteiger partial charge in [-0.1, -0.05) is 24.3 Å². The number of hydrogen-bond donors (Lipinski definition) is 2. The summed E-state index contributed by atoms with van der Waals surface area (Å²) in [6.45, 7) is 3.37. The first-order chi connectivity index (χ1) is 8.75. The molecule has 0 fully saturated rings. The van der Waals surface area contributed by atoms with Crippen molar-refractivity contribution in [2.75, 3.05) is 24.2 Å². The number of para-hydroxylation sites is 1. The molecular formula is C15H18N2O. The summed E-state index contributed by atoms with van der Waals surface area (Å²) in [7, 11) is 0. The highest BCUT2D eigenvalue weighted by atomic mass is 16.5. The molecule has 2 rings (SSSR count). The van der Waals surface area contributed by atoms with Crippen molar-refractivity contribution in [1.82, 2.24) is 0 Å². The van der Waals surface area contributed by atoms with Crippen LogP contribution >= 0.6 is 0 Å². The predicted molar refractivity (Wildman–Crippen MR) is 76.0 cm³/mol. The van der Waals surface area contributed by atoms with E-state index in [-0.39, 0.29) is 0 Å². The van der Waals surface area contributed by atoms with Crippen LogP contribution in [0.2, 0.25) is 0 Å². The summed E-state index contributed by atoms with van der Waals surface area (Å²) in [6, 6.07) is 15.8. The van der Waals surface area contributed by atoms with Gasteiger partial charge in [-0.05, 0) is 36.8 Å². The van der Waals surface area contributed by atoms with Crippen LogP contribution in [0.3, 0.4) is 0 Å². The van der Waals surface area contributed by atoms with E-state index in [1.165, 1.54) is 0 Å². The van der Waals surface area contributed by atoms with Crippen LogP contribution in [-0.4, -0.2) is 13.2 Å². The Hall–Kier alpha value is -2.16. The average molecular weight is 242 g/mol. The number of benzene rings is 2. The van der Waals surface area contributed by atoms with Gasteiger partial charge in [-0.3, -0.25) is 0 Å². The Morgan fingerprint density at radius 1 is 1.11 bits per heavy atom. The number of ether oxygens (including phenoxy) is 1. The minimum Gasteiger partial charge on any atom is -0.492 e. The first-order valence-electron chi connectivity index (χ1n) is 6.03. The molecule has 2 aromatic carbocycles. The highest BCUT2D eigenvalue weighted by Gasteiger charge is 1.96. The van der Waals surface area contributed by atoms with Crippen molar-refractivity contribution in [3.8, 4) is 5.75 Å². The van der Waals surface area contributed by atoms with Crippen LogP contribution in [0.4, 0.5) is 11.4 Å². The molecule has 0 saturated carbocycles. The zero-order valence-electron chi connectivity index (χ0n) is 10.5. The monoisotopic (exact) mass is 242 g/mol. The molecule has 0 aliphatic heterocycles. The SMILES string of the molecule is Cc1ccc(NCCOc2ccccc2)cc1N. The fourth-order valence-electron chi connectivity index (χ4n) is 1.63. The molecule has 0 saturated heterocycles. The van der Waals surface area contributed by atoms with Crippen molar-refractivity contribution in [3.63, 3.8) is 0 Å². The van der Waals surface area contributed by atoms with E-state index in [9.17, 15) is 0 Å². The number of rotatable bonds is 5. The van der Waals surface area contributed by atoms with E-state index in [2.05, 4.69) is 5.32 Å². The molecule has 0 aliphatic carbocycles. The van der Waals surface area contributed by atoms with Gasteiger partial charge in [-0.25, -0.2) is 0 Å². The van der Waals surface area contributed by atoms with E-state index in [1.807, 2.05) is 55.5 Å². The van der Waals surface area contributed by atoms with Gasteiger partial charge < -0.3 is 15.8 Å². The lowest BCUT2D eigenvalue weighted by atomic mass is 10.2. The van der Waals surface area contributed by atoms with E-state index >= 15 is 0 Å². The third-order valence-electron chi connectivity index (χ3n) is 2.72. The second-order valence-corrected chi connectivity index (χ2v) is 4.16. The van der Waals surface area contributed by atoms with Crippen molar-refractivity contribution >= 4 is 11.4 Å². The van der Waals surface area contributed by atoms with Crippen molar-refractivity contribution in [2.24, 2.45) is 0 Å². The Morgan fingerprint density at radius 3 is 2.61 bits per heavy atom. The third kappa shape index (κ3) is 3.42. The van der Waals surface area contributed by atoms with Crippen molar-refractivity contribution in [1.29, 1.82) is 0 Å². The van der Waals surface area contributed by atoms with Crippen LogP contribution in [0, 0.1) is 6.92 Å². The van der Waals surface area contributed by atoms with E-state index in [4.69, 9.17) is 10.5 Å². The Labute approximate surface area is 108 Å². The van der Waals surface area contributed by atoms with Gasteiger partial charge in [-0.15, -0.1) is 0 Å². The summed E-state index contributed by atoms with van der Waals surface area (Å²) >= 11 is 0. The molecule has 0 spiro atoms. The van der Waals surface area contributed by atoms with E-state index < -0.39 is 0 Å². The zero-order chi connectivity index (χ0) is 12.8. The predicted octanol–water partition coefficient (Wildman–Crippen LogP) is 3.07. The summed E-state index contributed by atoms with van der Waals surface area (Å²) in [4.78, 5) is 0. The quantitative estimate of drug-likeness (QED) is 0.625. The second-order valence-electron chi connectivity index (χ2n) is 4.16. The topological polar surface area (TPSA) is 47.3 Å². The summed E-state index contributed by atoms with van der Waals surface area (Å²) in [5.41, 5.74) is 8.78. The van der Waals surface area contributed by atoms with Crippen LogP contribution in [0.5, 0.6) is 5.75 Å². The molecule has 0 heterocycles. The Bertz CT molecular complexity index is 497. The van der Waals surface area contributed by atoms with Crippen molar-refractivity contribution in [3.05, 3.63) is 54.1 Å². The summed E-state index contributed by atoms with van der Waals surface area (Å²) in [5, 5.41) is 3.28. The van der Waals surface area contributed by atoms with Gasteiger partial charge in [0.25, 0.3) is 0 Å². The number of anilines is 2. The van der Waals surface area contributed by atoms with Crippen molar-refractivity contribution < 1.29 is 4.74 Å². The lowest BCUT2D eigenvalue weighted by Crippen LogP contribution is -2.11. The molecule has 2 aromatic rings. The molecule has 3 N–H and O–H groups in total. The second kappa shape index (κ2) is 5.96. The third-order valence-corrected chi connectivity index (χ3v) is 2.72. The highest BCUT2D eigenvalue weighted by Crippen LogP contribution is 2.16. The summed E-state index contributed by atoms with van der Waals surface area (Å²) in [5.74, 6) is 0.891. The molecule has 94 valence electrons. The van der Waals surface area contributed by atoms with E-state index in [0.29, 0.717) is 6.61 Å². The number of nitrogens with one attached hydrogen (secondary N) is 1. The lowest BCUT2D eigenvalue weighted by molar-refractivity contribution is 0.333. The first-order valence-corrected chi connectivity index (χ1v) is 6.03. The molecule has 18 heavy (non-hydrogen) atoms. The fourth-order valence-corrected chi connectivity index (χ4v) is 1.63. The van der Waals surface area contributed by atoms with Gasteiger partial charge >= 0.3 is 0 Å². The van der Waals surface area contributed by atoms with E-state index in [1.54, 1.807) is 0 Å². The first kappa shape index (κ1) is 12.3. The molecule has 0 amide bonds. The Balaban J connectivity index is 1.77. The molecule has 3 heteroatoms. The van der Waals surface area contributed by atoms with Gasteiger partial charge in [-0.2, -0.15) is 0 Å². The van der Waals surface area contributed by atoms with Gasteiger partial charge in [0.15, 0.2) is 0 Å². The average Bonchev–Trinajstić information content (AvgIpc) is 2.40. The Morgan fingerprint density at radius 2 is 1.89 bits per heavy atom. The minimum atomic E-state index is 0.623. The van der Waals surface area contributed by atoms with Crippen molar-refractivity contribution in [2.45, 2.75) is 6.92 Å². The summed E-state index contributed by atoms with van der Waals surface area (Å²) < 4.78 is 5.59. The standard InChI is InChI=1S/C15H18N2O/c1-12-7-8-13(11-15(12)16)17-9-10-18-14-5-3-2-4-6-14/h2-8,11,17H,9-10,16H2,1H3. The maximum atomic E-state index is 5.84. The van der Waals surface area contributed by atoms with Gasteiger partial charge in [0.2, 0.25) is 0 Å². The summed E-state index contributed by atoms with van der Waals surface area (Å²) in [6.07, 6.45) is 0.